The minimum Gasteiger partial charge on any atom is -0.385 e. The Morgan fingerprint density at radius 1 is 1.46 bits per heavy atom. The molecule has 1 aliphatic rings. The molecule has 1 aliphatic heterocycles. The molecular weight excluding hydrogens is 168 g/mol. The number of nitrogens with one attached hydrogen (secondary N) is 1. The van der Waals surface area contributed by atoms with Gasteiger partial charge in [-0.25, -0.2) is 0 Å². The smallest absolute Gasteiger partial charge is 0.133 e. The van der Waals surface area contributed by atoms with Crippen LogP contribution in [0.4, 0.5) is 0 Å². The summed E-state index contributed by atoms with van der Waals surface area (Å²) in [5, 5.41) is 3.22. The Bertz CT molecular complexity index is 112. The highest BCUT2D eigenvalue weighted by Crippen LogP contribution is 1.87. The Hall–Kier alpha value is -0.450. The van der Waals surface area contributed by atoms with Crippen LogP contribution in [0.3, 0.4) is 0 Å². The van der Waals surface area contributed by atoms with Crippen LogP contribution in [0.1, 0.15) is 6.92 Å². The van der Waals surface area contributed by atoms with Crippen molar-refractivity contribution >= 4 is 6.29 Å². The molecule has 1 fully saturated rings. The van der Waals surface area contributed by atoms with Gasteiger partial charge < -0.3 is 14.8 Å². The van der Waals surface area contributed by atoms with Gasteiger partial charge in [0.2, 0.25) is 0 Å². The third-order valence-electron chi connectivity index (χ3n) is 1.83. The fourth-order valence-electron chi connectivity index (χ4n) is 0.999. The van der Waals surface area contributed by atoms with E-state index in [0.717, 1.165) is 39.1 Å². The van der Waals surface area contributed by atoms with E-state index in [9.17, 15) is 4.79 Å². The minimum atomic E-state index is 0.599. The van der Waals surface area contributed by atoms with Crippen molar-refractivity contribution in [1.82, 2.24) is 10.2 Å². The van der Waals surface area contributed by atoms with Gasteiger partial charge in [0.05, 0.1) is 6.54 Å². The van der Waals surface area contributed by atoms with E-state index < -0.39 is 0 Å². The van der Waals surface area contributed by atoms with E-state index in [2.05, 4.69) is 15.0 Å². The molecule has 0 radical (unpaired) electrons. The van der Waals surface area contributed by atoms with Crippen molar-refractivity contribution in [2.24, 2.45) is 0 Å². The lowest BCUT2D eigenvalue weighted by molar-refractivity contribution is -0.109. The van der Waals surface area contributed by atoms with Gasteiger partial charge in [-0.1, -0.05) is 0 Å². The molecule has 0 aromatic heterocycles. The Balaban J connectivity index is 0.000000310. The monoisotopic (exact) mass is 188 g/mol. The first-order valence-electron chi connectivity index (χ1n) is 4.70. The molecule has 1 N–H and O–H groups in total. The number of nitrogens with zero attached hydrogens (tertiary/aromatic N) is 1. The van der Waals surface area contributed by atoms with Gasteiger partial charge in [-0.05, 0) is 6.92 Å². The molecule has 0 spiro atoms. The zero-order valence-electron chi connectivity index (χ0n) is 8.58. The third kappa shape index (κ3) is 7.90. The second-order valence-electron chi connectivity index (χ2n) is 2.79. The summed E-state index contributed by atoms with van der Waals surface area (Å²) in [4.78, 5) is 12.2. The molecule has 0 saturated carbocycles. The maximum absolute atomic E-state index is 10.0. The van der Waals surface area contributed by atoms with Gasteiger partial charge in [0.25, 0.3) is 0 Å². The number of rotatable bonds is 3. The highest BCUT2D eigenvalue weighted by Gasteiger charge is 2.06. The Labute approximate surface area is 80.2 Å². The number of carbonyl (C=O) groups excluding carboxylic acids is 1. The summed E-state index contributed by atoms with van der Waals surface area (Å²) in [6, 6.07) is 0. The number of ether oxygens (including phenoxy) is 1. The quantitative estimate of drug-likeness (QED) is 0.620. The Morgan fingerprint density at radius 2 is 2.00 bits per heavy atom. The first-order valence-corrected chi connectivity index (χ1v) is 4.70. The summed E-state index contributed by atoms with van der Waals surface area (Å²) in [6.45, 7) is 7.45. The van der Waals surface area contributed by atoms with Crippen LogP contribution in [-0.4, -0.2) is 57.6 Å². The van der Waals surface area contributed by atoms with Gasteiger partial charge in [-0.3, -0.25) is 4.90 Å². The average Bonchev–Trinajstić information content (AvgIpc) is 2.20. The van der Waals surface area contributed by atoms with Crippen LogP contribution in [0.25, 0.3) is 0 Å². The van der Waals surface area contributed by atoms with Gasteiger partial charge in [0.15, 0.2) is 0 Å². The summed E-state index contributed by atoms with van der Waals surface area (Å²) in [5.74, 6) is 0. The van der Waals surface area contributed by atoms with Gasteiger partial charge in [-0.15, -0.1) is 0 Å². The van der Waals surface area contributed by atoms with E-state index in [1.807, 2.05) is 6.92 Å². The van der Waals surface area contributed by atoms with Crippen LogP contribution >= 0.6 is 0 Å². The minimum absolute atomic E-state index is 0.599. The summed E-state index contributed by atoms with van der Waals surface area (Å²) >= 11 is 0. The van der Waals surface area contributed by atoms with Crippen molar-refractivity contribution in [3.63, 3.8) is 0 Å². The molecule has 0 aliphatic carbocycles. The molecular formula is C9H20N2O2. The average molecular weight is 188 g/mol. The standard InChI is InChI=1S/C6H12N2O.C3H8O/c9-6-5-8-3-1-7-2-4-8;1-3-4-2/h6-7H,1-5H2;3H2,1-2H3. The topological polar surface area (TPSA) is 41.6 Å². The lowest BCUT2D eigenvalue weighted by Crippen LogP contribution is -2.44. The molecule has 1 rings (SSSR count). The Kier molecular flexibility index (Phi) is 9.30. The fraction of sp³-hybridized carbons (Fsp3) is 0.889. The zero-order chi connectivity index (χ0) is 9.94. The van der Waals surface area contributed by atoms with Crippen LogP contribution < -0.4 is 5.32 Å². The lowest BCUT2D eigenvalue weighted by Gasteiger charge is -2.24. The van der Waals surface area contributed by atoms with E-state index in [4.69, 9.17) is 0 Å². The zero-order valence-corrected chi connectivity index (χ0v) is 8.58. The lowest BCUT2D eigenvalue weighted by atomic mass is 10.4. The summed E-state index contributed by atoms with van der Waals surface area (Å²) < 4.78 is 4.54. The van der Waals surface area contributed by atoms with Gasteiger partial charge in [-0.2, -0.15) is 0 Å². The molecule has 1 heterocycles. The van der Waals surface area contributed by atoms with Crippen molar-refractivity contribution in [3.8, 4) is 0 Å². The maximum atomic E-state index is 10.0. The first kappa shape index (κ1) is 12.6. The van der Waals surface area contributed by atoms with Crippen molar-refractivity contribution in [2.45, 2.75) is 6.92 Å². The molecule has 0 bridgehead atoms. The molecule has 0 amide bonds. The number of methoxy groups -OCH3 is 1. The number of aldehydes is 1. The predicted molar refractivity (Wildman–Crippen MR) is 52.9 cm³/mol. The van der Waals surface area contributed by atoms with Crippen molar-refractivity contribution < 1.29 is 9.53 Å². The molecule has 4 heteroatoms. The van der Waals surface area contributed by atoms with Crippen LogP contribution in [0.15, 0.2) is 0 Å². The highest BCUT2D eigenvalue weighted by molar-refractivity contribution is 5.51. The van der Waals surface area contributed by atoms with Gasteiger partial charge >= 0.3 is 0 Å². The molecule has 13 heavy (non-hydrogen) atoms. The molecule has 0 aromatic carbocycles. The second-order valence-corrected chi connectivity index (χ2v) is 2.79. The molecule has 4 nitrogen and oxygen atoms in total. The van der Waals surface area contributed by atoms with E-state index in [1.165, 1.54) is 0 Å². The largest absolute Gasteiger partial charge is 0.385 e. The van der Waals surface area contributed by atoms with E-state index >= 15 is 0 Å². The van der Waals surface area contributed by atoms with Crippen LogP contribution in [0.2, 0.25) is 0 Å². The van der Waals surface area contributed by atoms with E-state index in [1.54, 1.807) is 7.11 Å². The maximum Gasteiger partial charge on any atom is 0.133 e. The van der Waals surface area contributed by atoms with Crippen molar-refractivity contribution in [2.75, 3.05) is 46.4 Å². The van der Waals surface area contributed by atoms with Crippen LogP contribution in [0, 0.1) is 0 Å². The number of hydrogen-bond donors (Lipinski definition) is 1. The van der Waals surface area contributed by atoms with Gasteiger partial charge in [0.1, 0.15) is 6.29 Å². The van der Waals surface area contributed by atoms with E-state index in [-0.39, 0.29) is 0 Å². The van der Waals surface area contributed by atoms with Crippen LogP contribution in [0.5, 0.6) is 0 Å². The molecule has 78 valence electrons. The number of piperazine rings is 1. The molecule has 1 saturated heterocycles. The van der Waals surface area contributed by atoms with Crippen molar-refractivity contribution in [3.05, 3.63) is 0 Å². The fourth-order valence-corrected chi connectivity index (χ4v) is 0.999. The molecule has 0 unspecified atom stereocenters. The number of carbonyl (C=O) groups is 1. The van der Waals surface area contributed by atoms with Gasteiger partial charge in [0, 0.05) is 39.9 Å². The SMILES string of the molecule is CCOC.O=CCN1CCNCC1. The normalized spacial score (nSPS) is 17.4. The van der Waals surface area contributed by atoms with E-state index in [0.29, 0.717) is 6.54 Å². The molecule has 0 aromatic rings. The summed E-state index contributed by atoms with van der Waals surface area (Å²) in [5.41, 5.74) is 0. The third-order valence-corrected chi connectivity index (χ3v) is 1.83. The predicted octanol–water partition coefficient (Wildman–Crippen LogP) is -0.257. The summed E-state index contributed by atoms with van der Waals surface area (Å²) in [6.07, 6.45) is 0.964. The highest BCUT2D eigenvalue weighted by atomic mass is 16.5. The van der Waals surface area contributed by atoms with Crippen molar-refractivity contribution in [1.29, 1.82) is 0 Å². The summed E-state index contributed by atoms with van der Waals surface area (Å²) in [7, 11) is 1.68. The van der Waals surface area contributed by atoms with Crippen LogP contribution in [-0.2, 0) is 9.53 Å². The first-order chi connectivity index (χ1) is 6.35. The second kappa shape index (κ2) is 9.64. The Morgan fingerprint density at radius 3 is 2.38 bits per heavy atom. The molecule has 0 atom stereocenters. The number of hydrogen-bond acceptors (Lipinski definition) is 4.